The van der Waals surface area contributed by atoms with Gasteiger partial charge in [-0.05, 0) is 36.4 Å². The van der Waals surface area contributed by atoms with Crippen molar-refractivity contribution in [3.05, 3.63) is 52.4 Å². The number of hydrogen-bond acceptors (Lipinski definition) is 5. The molecule has 0 unspecified atom stereocenters. The van der Waals surface area contributed by atoms with E-state index in [1.807, 2.05) is 55.6 Å². The first-order chi connectivity index (χ1) is 12.7. The molecule has 0 fully saturated rings. The fourth-order valence-electron chi connectivity index (χ4n) is 2.80. The summed E-state index contributed by atoms with van der Waals surface area (Å²) in [7, 11) is 0. The summed E-state index contributed by atoms with van der Waals surface area (Å²) in [6, 6.07) is 11.2. The number of carbonyl (C=O) groups is 2. The quantitative estimate of drug-likeness (QED) is 0.710. The Kier molecular flexibility index (Phi) is 5.73. The number of carbonyl (C=O) groups excluding carboxylic acids is 2. The van der Waals surface area contributed by atoms with Crippen LogP contribution in [-0.4, -0.2) is 29.9 Å². The van der Waals surface area contributed by atoms with Gasteiger partial charge in [-0.2, -0.15) is 0 Å². The largest absolute Gasteiger partial charge is 0.494 e. The Hall–Kier alpha value is -2.60. The Bertz CT molecular complexity index is 827. The maximum Gasteiger partial charge on any atom is 0.278 e. The normalized spacial score (nSPS) is 14.3. The van der Waals surface area contributed by atoms with Crippen molar-refractivity contribution in [3.63, 3.8) is 0 Å². The van der Waals surface area contributed by atoms with E-state index in [4.69, 9.17) is 4.74 Å². The first kappa shape index (κ1) is 18.2. The molecule has 0 saturated heterocycles. The van der Waals surface area contributed by atoms with Crippen molar-refractivity contribution >= 4 is 34.4 Å². The summed E-state index contributed by atoms with van der Waals surface area (Å²) in [5.41, 5.74) is 1.50. The predicted molar refractivity (Wildman–Crippen MR) is 104 cm³/mol. The third kappa shape index (κ3) is 3.65. The Morgan fingerprint density at radius 3 is 2.62 bits per heavy atom. The Labute approximate surface area is 157 Å². The van der Waals surface area contributed by atoms with Gasteiger partial charge in [0.15, 0.2) is 0 Å². The number of nitrogens with zero attached hydrogens (tertiary/aromatic N) is 1. The second-order valence-corrected chi connectivity index (χ2v) is 6.94. The molecular formula is C20H22N2O3S. The van der Waals surface area contributed by atoms with E-state index in [1.165, 1.54) is 16.2 Å². The van der Waals surface area contributed by atoms with Crippen LogP contribution >= 0.6 is 11.3 Å². The van der Waals surface area contributed by atoms with Gasteiger partial charge in [0.25, 0.3) is 11.8 Å². The fourth-order valence-corrected chi connectivity index (χ4v) is 3.56. The number of ether oxygens (including phenoxy) is 1. The first-order valence-electron chi connectivity index (χ1n) is 8.80. The van der Waals surface area contributed by atoms with E-state index in [0.29, 0.717) is 24.4 Å². The molecule has 0 bridgehead atoms. The van der Waals surface area contributed by atoms with Crippen molar-refractivity contribution < 1.29 is 14.3 Å². The van der Waals surface area contributed by atoms with E-state index in [2.05, 4.69) is 5.32 Å². The molecule has 1 aliphatic rings. The van der Waals surface area contributed by atoms with E-state index in [1.54, 1.807) is 0 Å². The molecule has 0 atom stereocenters. The average molecular weight is 370 g/mol. The smallest absolute Gasteiger partial charge is 0.278 e. The van der Waals surface area contributed by atoms with Gasteiger partial charge in [0.2, 0.25) is 0 Å². The van der Waals surface area contributed by atoms with Gasteiger partial charge in [0.1, 0.15) is 11.4 Å². The van der Waals surface area contributed by atoms with Crippen LogP contribution in [0.4, 0.5) is 5.69 Å². The minimum Gasteiger partial charge on any atom is -0.494 e. The second-order valence-electron chi connectivity index (χ2n) is 5.99. The fraction of sp³-hybridized carbons (Fsp3) is 0.300. The zero-order valence-electron chi connectivity index (χ0n) is 15.0. The highest BCUT2D eigenvalue weighted by Gasteiger charge is 2.39. The molecule has 1 N–H and O–H groups in total. The molecule has 0 spiro atoms. The summed E-state index contributed by atoms with van der Waals surface area (Å²) >= 11 is 1.45. The van der Waals surface area contributed by atoms with Crippen LogP contribution in [0, 0.1) is 0 Å². The molecule has 5 nitrogen and oxygen atoms in total. The molecule has 0 radical (unpaired) electrons. The van der Waals surface area contributed by atoms with Gasteiger partial charge in [-0.25, -0.2) is 0 Å². The van der Waals surface area contributed by atoms with E-state index < -0.39 is 0 Å². The van der Waals surface area contributed by atoms with Crippen molar-refractivity contribution in [1.29, 1.82) is 0 Å². The van der Waals surface area contributed by atoms with Crippen molar-refractivity contribution in [2.45, 2.75) is 26.7 Å². The number of benzene rings is 1. The van der Waals surface area contributed by atoms with Crippen LogP contribution in [0.25, 0.3) is 5.57 Å². The third-order valence-corrected chi connectivity index (χ3v) is 4.85. The maximum atomic E-state index is 12.8. The van der Waals surface area contributed by atoms with Gasteiger partial charge < -0.3 is 10.1 Å². The first-order valence-corrected chi connectivity index (χ1v) is 9.67. The van der Waals surface area contributed by atoms with Gasteiger partial charge in [-0.15, -0.1) is 11.3 Å². The average Bonchev–Trinajstić information content (AvgIpc) is 3.24. The molecule has 1 aromatic heterocycles. The van der Waals surface area contributed by atoms with Gasteiger partial charge in [0, 0.05) is 23.2 Å². The van der Waals surface area contributed by atoms with Crippen LogP contribution in [-0.2, 0) is 9.59 Å². The summed E-state index contributed by atoms with van der Waals surface area (Å²) in [5.74, 6) is 0.220. The lowest BCUT2D eigenvalue weighted by Crippen LogP contribution is -2.33. The molecular weight excluding hydrogens is 348 g/mol. The van der Waals surface area contributed by atoms with Crippen LogP contribution in [0.5, 0.6) is 5.75 Å². The van der Waals surface area contributed by atoms with E-state index in [0.717, 1.165) is 29.2 Å². The number of nitrogens with one attached hydrogen (secondary N) is 1. The number of thiophene rings is 1. The van der Waals surface area contributed by atoms with Crippen molar-refractivity contribution in [2.75, 3.05) is 18.5 Å². The Morgan fingerprint density at radius 1 is 1.08 bits per heavy atom. The summed E-state index contributed by atoms with van der Waals surface area (Å²) in [4.78, 5) is 27.7. The van der Waals surface area contributed by atoms with Gasteiger partial charge in [-0.3, -0.25) is 14.5 Å². The lowest BCUT2D eigenvalue weighted by Gasteiger charge is -2.14. The van der Waals surface area contributed by atoms with Crippen LogP contribution < -0.4 is 10.1 Å². The molecule has 136 valence electrons. The predicted octanol–water partition coefficient (Wildman–Crippen LogP) is 4.14. The highest BCUT2D eigenvalue weighted by molar-refractivity contribution is 7.11. The molecule has 26 heavy (non-hydrogen) atoms. The Balaban J connectivity index is 1.94. The third-order valence-electron chi connectivity index (χ3n) is 3.96. The Morgan fingerprint density at radius 2 is 1.92 bits per heavy atom. The maximum absolute atomic E-state index is 12.8. The summed E-state index contributed by atoms with van der Waals surface area (Å²) in [5, 5.41) is 5.06. The zero-order chi connectivity index (χ0) is 18.5. The number of hydrogen-bond donors (Lipinski definition) is 1. The lowest BCUT2D eigenvalue weighted by atomic mass is 10.2. The van der Waals surface area contributed by atoms with Crippen LogP contribution in [0.3, 0.4) is 0 Å². The summed E-state index contributed by atoms with van der Waals surface area (Å²) in [6.45, 7) is 5.04. The van der Waals surface area contributed by atoms with Crippen molar-refractivity contribution in [1.82, 2.24) is 4.90 Å². The summed E-state index contributed by atoms with van der Waals surface area (Å²) in [6.07, 6.45) is 1.65. The molecule has 6 heteroatoms. The van der Waals surface area contributed by atoms with Crippen molar-refractivity contribution in [3.8, 4) is 5.75 Å². The number of amides is 2. The SMILES string of the molecule is CCCOc1cccc(NC2=C(c3cccs3)C(=O)N(CCC)C2=O)c1. The topological polar surface area (TPSA) is 58.6 Å². The lowest BCUT2D eigenvalue weighted by molar-refractivity contribution is -0.136. The van der Waals surface area contributed by atoms with Crippen LogP contribution in [0.1, 0.15) is 31.6 Å². The van der Waals surface area contributed by atoms with Crippen LogP contribution in [0.2, 0.25) is 0 Å². The standard InChI is InChI=1S/C20H22N2O3S/c1-3-10-22-19(23)17(16-9-6-12-26-16)18(20(22)24)21-14-7-5-8-15(13-14)25-11-4-2/h5-9,12-13,21H,3-4,10-11H2,1-2H3. The number of anilines is 1. The van der Waals surface area contributed by atoms with Gasteiger partial charge in [-0.1, -0.05) is 26.0 Å². The molecule has 0 aliphatic carbocycles. The van der Waals surface area contributed by atoms with Crippen molar-refractivity contribution in [2.24, 2.45) is 0 Å². The minimum absolute atomic E-state index is 0.236. The van der Waals surface area contributed by atoms with Crippen LogP contribution in [0.15, 0.2) is 47.5 Å². The van der Waals surface area contributed by atoms with E-state index >= 15 is 0 Å². The molecule has 0 saturated carbocycles. The van der Waals surface area contributed by atoms with Gasteiger partial charge in [0.05, 0.1) is 12.2 Å². The van der Waals surface area contributed by atoms with E-state index in [9.17, 15) is 9.59 Å². The second kappa shape index (κ2) is 8.19. The van der Waals surface area contributed by atoms with Gasteiger partial charge >= 0.3 is 0 Å². The monoisotopic (exact) mass is 370 g/mol. The number of rotatable bonds is 8. The molecule has 2 heterocycles. The van der Waals surface area contributed by atoms with E-state index in [-0.39, 0.29) is 11.8 Å². The highest BCUT2D eigenvalue weighted by atomic mass is 32.1. The molecule has 2 amide bonds. The minimum atomic E-state index is -0.278. The molecule has 1 aliphatic heterocycles. The molecule has 1 aromatic carbocycles. The number of imide groups is 1. The molecule has 3 rings (SSSR count). The summed E-state index contributed by atoms with van der Waals surface area (Å²) < 4.78 is 5.65. The highest BCUT2D eigenvalue weighted by Crippen LogP contribution is 2.33. The molecule has 2 aromatic rings. The zero-order valence-corrected chi connectivity index (χ0v) is 15.8.